The lowest BCUT2D eigenvalue weighted by Gasteiger charge is -2.20. The van der Waals surface area contributed by atoms with Gasteiger partial charge in [0.1, 0.15) is 5.82 Å². The van der Waals surface area contributed by atoms with Crippen LogP contribution in [0.25, 0.3) is 22.3 Å². The SMILES string of the molecule is CCc1ccc(-c2cc(F)c(OC(F)(F)c3ccc(-c4cc(F)c(F)c(F)c4)c(F)c3)c(Cl)c2)cc1. The summed E-state index contributed by atoms with van der Waals surface area (Å²) in [6.45, 7) is 1.97. The maximum Gasteiger partial charge on any atom is 0.426 e. The van der Waals surface area contributed by atoms with Gasteiger partial charge in [0.15, 0.2) is 29.0 Å². The zero-order valence-corrected chi connectivity index (χ0v) is 19.2. The van der Waals surface area contributed by atoms with Gasteiger partial charge in [0.2, 0.25) is 0 Å². The molecule has 36 heavy (non-hydrogen) atoms. The largest absolute Gasteiger partial charge is 0.426 e. The van der Waals surface area contributed by atoms with Gasteiger partial charge >= 0.3 is 6.11 Å². The van der Waals surface area contributed by atoms with Gasteiger partial charge < -0.3 is 4.74 Å². The fourth-order valence-corrected chi connectivity index (χ4v) is 3.83. The summed E-state index contributed by atoms with van der Waals surface area (Å²) < 4.78 is 104. The molecule has 0 aliphatic heterocycles. The maximum atomic E-state index is 14.8. The van der Waals surface area contributed by atoms with Gasteiger partial charge in [-0.2, -0.15) is 8.78 Å². The Bertz CT molecular complexity index is 1390. The molecular formula is C27H16ClF7O. The van der Waals surface area contributed by atoms with E-state index in [4.69, 9.17) is 11.6 Å². The van der Waals surface area contributed by atoms with Crippen molar-refractivity contribution in [2.45, 2.75) is 19.5 Å². The minimum absolute atomic E-state index is 0.338. The van der Waals surface area contributed by atoms with Crippen molar-refractivity contribution in [3.63, 3.8) is 0 Å². The molecule has 1 nitrogen and oxygen atoms in total. The van der Waals surface area contributed by atoms with Gasteiger partial charge in [0.25, 0.3) is 0 Å². The molecule has 0 heterocycles. The van der Waals surface area contributed by atoms with Gasteiger partial charge in [0, 0.05) is 5.56 Å². The predicted molar refractivity (Wildman–Crippen MR) is 122 cm³/mol. The van der Waals surface area contributed by atoms with E-state index in [0.717, 1.165) is 30.2 Å². The minimum atomic E-state index is -4.23. The van der Waals surface area contributed by atoms with Crippen LogP contribution in [0.3, 0.4) is 0 Å². The Morgan fingerprint density at radius 3 is 1.86 bits per heavy atom. The molecule has 0 spiro atoms. The number of ether oxygens (including phenoxy) is 1. The third-order valence-electron chi connectivity index (χ3n) is 5.52. The topological polar surface area (TPSA) is 9.23 Å². The van der Waals surface area contributed by atoms with E-state index in [0.29, 0.717) is 29.3 Å². The Hall–Kier alpha value is -3.52. The summed E-state index contributed by atoms with van der Waals surface area (Å²) in [6, 6.07) is 12.4. The molecular weight excluding hydrogens is 509 g/mol. The Morgan fingerprint density at radius 1 is 0.694 bits per heavy atom. The van der Waals surface area contributed by atoms with Crippen molar-refractivity contribution in [1.29, 1.82) is 0 Å². The molecule has 0 unspecified atom stereocenters. The van der Waals surface area contributed by atoms with E-state index in [-0.39, 0.29) is 0 Å². The first-order valence-electron chi connectivity index (χ1n) is 10.6. The lowest BCUT2D eigenvalue weighted by Crippen LogP contribution is -2.23. The number of hydrogen-bond donors (Lipinski definition) is 0. The Morgan fingerprint density at radius 2 is 1.31 bits per heavy atom. The smallest absolute Gasteiger partial charge is 0.424 e. The van der Waals surface area contributed by atoms with Gasteiger partial charge in [-0.15, -0.1) is 0 Å². The summed E-state index contributed by atoms with van der Waals surface area (Å²) in [4.78, 5) is 0. The van der Waals surface area contributed by atoms with Gasteiger partial charge in [-0.05, 0) is 65.1 Å². The van der Waals surface area contributed by atoms with Crippen LogP contribution in [-0.2, 0) is 12.5 Å². The fraction of sp³-hybridized carbons (Fsp3) is 0.111. The zero-order chi connectivity index (χ0) is 26.2. The second-order valence-electron chi connectivity index (χ2n) is 7.89. The van der Waals surface area contributed by atoms with Gasteiger partial charge in [-0.3, -0.25) is 0 Å². The average Bonchev–Trinajstić information content (AvgIpc) is 2.84. The van der Waals surface area contributed by atoms with Crippen molar-refractivity contribution < 1.29 is 35.5 Å². The van der Waals surface area contributed by atoms with Crippen molar-refractivity contribution in [1.82, 2.24) is 0 Å². The monoisotopic (exact) mass is 524 g/mol. The quantitative estimate of drug-likeness (QED) is 0.180. The normalized spacial score (nSPS) is 11.6. The van der Waals surface area contributed by atoms with E-state index >= 15 is 0 Å². The molecule has 0 atom stereocenters. The number of hydrogen-bond acceptors (Lipinski definition) is 1. The first-order valence-corrected chi connectivity index (χ1v) is 11.0. The minimum Gasteiger partial charge on any atom is -0.424 e. The maximum absolute atomic E-state index is 14.8. The number of benzene rings is 4. The van der Waals surface area contributed by atoms with Gasteiger partial charge in [-0.1, -0.05) is 48.9 Å². The third kappa shape index (κ3) is 5.04. The van der Waals surface area contributed by atoms with Gasteiger partial charge in [-0.25, -0.2) is 22.0 Å². The molecule has 0 aliphatic rings. The molecule has 0 N–H and O–H groups in total. The second-order valence-corrected chi connectivity index (χ2v) is 8.29. The standard InChI is InChI=1S/C27H16ClF7O/c1-2-14-3-5-15(6-4-14)16-9-20(28)26(24(32)10-16)36-27(34,35)18-7-8-19(21(29)13-18)17-11-22(30)25(33)23(31)12-17/h3-13H,2H2,1H3. The molecule has 0 aliphatic carbocycles. The Balaban J connectivity index is 1.63. The Labute approximate surface area is 206 Å². The fourth-order valence-electron chi connectivity index (χ4n) is 3.59. The molecule has 4 rings (SSSR count). The van der Waals surface area contributed by atoms with E-state index in [1.807, 2.05) is 19.1 Å². The van der Waals surface area contributed by atoms with E-state index in [1.165, 1.54) is 6.07 Å². The molecule has 0 bridgehead atoms. The van der Waals surface area contributed by atoms with Crippen LogP contribution < -0.4 is 4.74 Å². The zero-order valence-electron chi connectivity index (χ0n) is 18.5. The molecule has 0 amide bonds. The highest BCUT2D eigenvalue weighted by molar-refractivity contribution is 6.32. The highest BCUT2D eigenvalue weighted by Crippen LogP contribution is 2.40. The van der Waals surface area contributed by atoms with Crippen LogP contribution >= 0.6 is 11.6 Å². The molecule has 0 aromatic heterocycles. The van der Waals surface area contributed by atoms with Crippen LogP contribution in [-0.4, -0.2) is 0 Å². The molecule has 9 heteroatoms. The predicted octanol–water partition coefficient (Wildman–Crippen LogP) is 9.06. The van der Waals surface area contributed by atoms with Crippen LogP contribution in [0.4, 0.5) is 30.7 Å². The van der Waals surface area contributed by atoms with Crippen LogP contribution in [0.15, 0.2) is 66.7 Å². The Kier molecular flexibility index (Phi) is 7.00. The highest BCUT2D eigenvalue weighted by atomic mass is 35.5. The lowest BCUT2D eigenvalue weighted by atomic mass is 10.0. The molecule has 186 valence electrons. The number of aryl methyl sites for hydroxylation is 1. The second kappa shape index (κ2) is 9.85. The molecule has 4 aromatic carbocycles. The molecule has 0 fully saturated rings. The summed E-state index contributed by atoms with van der Waals surface area (Å²) in [6.07, 6.45) is -3.43. The summed E-state index contributed by atoms with van der Waals surface area (Å²) in [5.41, 5.74) is 0.119. The van der Waals surface area contributed by atoms with Crippen LogP contribution in [0.5, 0.6) is 5.75 Å². The summed E-state index contributed by atoms with van der Waals surface area (Å²) >= 11 is 6.04. The van der Waals surface area contributed by atoms with Crippen molar-refractivity contribution in [2.75, 3.05) is 0 Å². The van der Waals surface area contributed by atoms with Crippen molar-refractivity contribution in [2.24, 2.45) is 0 Å². The number of halogens is 8. The number of alkyl halides is 2. The third-order valence-corrected chi connectivity index (χ3v) is 5.80. The first-order chi connectivity index (χ1) is 17.0. The lowest BCUT2D eigenvalue weighted by molar-refractivity contribution is -0.187. The molecule has 0 radical (unpaired) electrons. The molecule has 0 saturated heterocycles. The molecule has 0 saturated carbocycles. The summed E-state index contributed by atoms with van der Waals surface area (Å²) in [5.74, 6) is -8.29. The summed E-state index contributed by atoms with van der Waals surface area (Å²) in [7, 11) is 0. The van der Waals surface area contributed by atoms with E-state index < -0.39 is 62.7 Å². The van der Waals surface area contributed by atoms with Crippen molar-refractivity contribution >= 4 is 11.6 Å². The van der Waals surface area contributed by atoms with Crippen LogP contribution in [0, 0.1) is 29.1 Å². The van der Waals surface area contributed by atoms with Crippen molar-refractivity contribution in [3.05, 3.63) is 112 Å². The number of rotatable bonds is 6. The molecule has 4 aromatic rings. The van der Waals surface area contributed by atoms with Crippen LogP contribution in [0.1, 0.15) is 18.1 Å². The van der Waals surface area contributed by atoms with E-state index in [2.05, 4.69) is 4.74 Å². The van der Waals surface area contributed by atoms with Gasteiger partial charge in [0.05, 0.1) is 10.6 Å². The van der Waals surface area contributed by atoms with E-state index in [1.54, 1.807) is 12.1 Å². The van der Waals surface area contributed by atoms with Crippen LogP contribution in [0.2, 0.25) is 5.02 Å². The highest BCUT2D eigenvalue weighted by Gasteiger charge is 2.37. The average molecular weight is 525 g/mol. The van der Waals surface area contributed by atoms with Crippen molar-refractivity contribution in [3.8, 4) is 28.0 Å². The first kappa shape index (κ1) is 25.6. The summed E-state index contributed by atoms with van der Waals surface area (Å²) in [5, 5.41) is -0.432. The van der Waals surface area contributed by atoms with E-state index in [9.17, 15) is 30.7 Å².